The van der Waals surface area contributed by atoms with Crippen molar-refractivity contribution in [3.05, 3.63) is 47.3 Å². The second-order valence-corrected chi connectivity index (χ2v) is 7.71. The Balaban J connectivity index is 1.50. The molecular weight excluding hydrogens is 282 g/mol. The molecule has 106 valence electrons. The summed E-state index contributed by atoms with van der Waals surface area (Å²) < 4.78 is 0. The fourth-order valence-electron chi connectivity index (χ4n) is 2.58. The molecule has 1 fully saturated rings. The molecule has 0 unspecified atom stereocenters. The largest absolute Gasteiger partial charge is 0.312 e. The van der Waals surface area contributed by atoms with Crippen LogP contribution in [0.4, 0.5) is 0 Å². The quantitative estimate of drug-likeness (QED) is 0.863. The molecule has 0 saturated carbocycles. The number of hydrogen-bond donors (Lipinski definition) is 1. The zero-order valence-electron chi connectivity index (χ0n) is 11.7. The van der Waals surface area contributed by atoms with Crippen molar-refractivity contribution >= 4 is 23.1 Å². The van der Waals surface area contributed by atoms with Gasteiger partial charge in [-0.3, -0.25) is 0 Å². The van der Waals surface area contributed by atoms with Gasteiger partial charge in [0.05, 0.1) is 0 Å². The standard InChI is InChI=1S/C17H21NS2/c1-2-4-15(5-3-1)17-7-6-16(20-17)13-18-12-14-8-10-19-11-9-14/h1-7,14,18H,8-13H2. The Labute approximate surface area is 129 Å². The summed E-state index contributed by atoms with van der Waals surface area (Å²) >= 11 is 4.01. The lowest BCUT2D eigenvalue weighted by Gasteiger charge is -2.21. The summed E-state index contributed by atoms with van der Waals surface area (Å²) in [6.07, 6.45) is 2.77. The third-order valence-corrected chi connectivity index (χ3v) is 5.98. The minimum Gasteiger partial charge on any atom is -0.312 e. The van der Waals surface area contributed by atoms with Gasteiger partial charge in [-0.2, -0.15) is 11.8 Å². The summed E-state index contributed by atoms with van der Waals surface area (Å²) in [6, 6.07) is 15.2. The molecule has 0 aliphatic carbocycles. The molecule has 2 aromatic rings. The van der Waals surface area contributed by atoms with Crippen LogP contribution < -0.4 is 5.32 Å². The molecule has 1 aliphatic rings. The van der Waals surface area contributed by atoms with Crippen LogP contribution in [0.3, 0.4) is 0 Å². The summed E-state index contributed by atoms with van der Waals surface area (Å²) in [7, 11) is 0. The smallest absolute Gasteiger partial charge is 0.0346 e. The van der Waals surface area contributed by atoms with E-state index in [2.05, 4.69) is 59.5 Å². The minimum absolute atomic E-state index is 0.893. The van der Waals surface area contributed by atoms with E-state index in [9.17, 15) is 0 Å². The van der Waals surface area contributed by atoms with Crippen molar-refractivity contribution in [1.29, 1.82) is 0 Å². The number of thiophene rings is 1. The van der Waals surface area contributed by atoms with Gasteiger partial charge < -0.3 is 5.32 Å². The summed E-state index contributed by atoms with van der Waals surface area (Å²) in [6.45, 7) is 2.19. The highest BCUT2D eigenvalue weighted by atomic mass is 32.2. The fourth-order valence-corrected chi connectivity index (χ4v) is 4.77. The normalized spacial score (nSPS) is 16.4. The van der Waals surface area contributed by atoms with Crippen LogP contribution in [0.15, 0.2) is 42.5 Å². The summed E-state index contributed by atoms with van der Waals surface area (Å²) in [5, 5.41) is 3.64. The van der Waals surface area contributed by atoms with Crippen LogP contribution in [0.5, 0.6) is 0 Å². The molecule has 0 radical (unpaired) electrons. The first-order valence-electron chi connectivity index (χ1n) is 7.34. The van der Waals surface area contributed by atoms with Crippen molar-refractivity contribution in [2.24, 2.45) is 5.92 Å². The number of hydrogen-bond acceptors (Lipinski definition) is 3. The second-order valence-electron chi connectivity index (χ2n) is 5.32. The zero-order valence-corrected chi connectivity index (χ0v) is 13.3. The van der Waals surface area contributed by atoms with Gasteiger partial charge >= 0.3 is 0 Å². The predicted octanol–water partition coefficient (Wildman–Crippen LogP) is 4.65. The molecule has 0 bridgehead atoms. The summed E-state index contributed by atoms with van der Waals surface area (Å²) in [5.74, 6) is 3.59. The summed E-state index contributed by atoms with van der Waals surface area (Å²) in [4.78, 5) is 2.81. The predicted molar refractivity (Wildman–Crippen MR) is 91.5 cm³/mol. The van der Waals surface area contributed by atoms with E-state index in [1.165, 1.54) is 46.2 Å². The SMILES string of the molecule is c1ccc(-c2ccc(CNCC3CCSCC3)s2)cc1. The average molecular weight is 303 g/mol. The molecule has 3 heteroatoms. The molecule has 1 saturated heterocycles. The molecule has 3 rings (SSSR count). The number of rotatable bonds is 5. The summed E-state index contributed by atoms with van der Waals surface area (Å²) in [5.41, 5.74) is 1.33. The highest BCUT2D eigenvalue weighted by Gasteiger charge is 2.13. The van der Waals surface area contributed by atoms with Crippen molar-refractivity contribution < 1.29 is 0 Å². The Hall–Kier alpha value is -0.770. The molecule has 1 aliphatic heterocycles. The molecule has 0 atom stereocenters. The Morgan fingerprint density at radius 1 is 1.00 bits per heavy atom. The van der Waals surface area contributed by atoms with Gasteiger partial charge in [-0.15, -0.1) is 11.3 Å². The van der Waals surface area contributed by atoms with Gasteiger partial charge in [-0.25, -0.2) is 0 Å². The number of thioether (sulfide) groups is 1. The molecular formula is C17H21NS2. The van der Waals surface area contributed by atoms with Gasteiger partial charge in [-0.05, 0) is 54.5 Å². The van der Waals surface area contributed by atoms with Crippen molar-refractivity contribution in [3.63, 3.8) is 0 Å². The van der Waals surface area contributed by atoms with E-state index >= 15 is 0 Å². The molecule has 0 amide bonds. The minimum atomic E-state index is 0.893. The Morgan fingerprint density at radius 3 is 2.60 bits per heavy atom. The Kier molecular flexibility index (Phi) is 5.17. The van der Waals surface area contributed by atoms with E-state index in [1.54, 1.807) is 0 Å². The molecule has 0 spiro atoms. The van der Waals surface area contributed by atoms with Crippen molar-refractivity contribution in [2.75, 3.05) is 18.1 Å². The lowest BCUT2D eigenvalue weighted by molar-refractivity contribution is 0.449. The van der Waals surface area contributed by atoms with Crippen LogP contribution in [0.1, 0.15) is 17.7 Å². The maximum absolute atomic E-state index is 3.64. The number of benzene rings is 1. The lowest BCUT2D eigenvalue weighted by Crippen LogP contribution is -2.25. The Bertz CT molecular complexity index is 515. The van der Waals surface area contributed by atoms with Gasteiger partial charge in [0, 0.05) is 16.3 Å². The van der Waals surface area contributed by atoms with Crippen LogP contribution in [-0.4, -0.2) is 18.1 Å². The van der Waals surface area contributed by atoms with E-state index in [0.29, 0.717) is 0 Å². The number of nitrogens with one attached hydrogen (secondary N) is 1. The first-order chi connectivity index (χ1) is 9.92. The van der Waals surface area contributed by atoms with Crippen LogP contribution in [0.25, 0.3) is 10.4 Å². The van der Waals surface area contributed by atoms with Crippen molar-refractivity contribution in [1.82, 2.24) is 5.32 Å². The zero-order chi connectivity index (χ0) is 13.6. The van der Waals surface area contributed by atoms with Gasteiger partial charge in [0.25, 0.3) is 0 Å². The van der Waals surface area contributed by atoms with Crippen LogP contribution >= 0.6 is 23.1 Å². The molecule has 1 nitrogen and oxygen atoms in total. The van der Waals surface area contributed by atoms with Crippen molar-refractivity contribution in [2.45, 2.75) is 19.4 Å². The molecule has 1 N–H and O–H groups in total. The lowest BCUT2D eigenvalue weighted by atomic mass is 10.0. The van der Waals surface area contributed by atoms with Crippen LogP contribution in [-0.2, 0) is 6.54 Å². The molecule has 2 heterocycles. The van der Waals surface area contributed by atoms with Gasteiger partial charge in [0.1, 0.15) is 0 Å². The highest BCUT2D eigenvalue weighted by molar-refractivity contribution is 7.99. The molecule has 20 heavy (non-hydrogen) atoms. The van der Waals surface area contributed by atoms with Crippen LogP contribution in [0, 0.1) is 5.92 Å². The Morgan fingerprint density at radius 2 is 1.80 bits per heavy atom. The maximum atomic E-state index is 3.64. The maximum Gasteiger partial charge on any atom is 0.0346 e. The van der Waals surface area contributed by atoms with Gasteiger partial charge in [-0.1, -0.05) is 30.3 Å². The third kappa shape index (κ3) is 3.87. The first-order valence-corrected chi connectivity index (χ1v) is 9.31. The molecule has 1 aromatic heterocycles. The molecule has 1 aromatic carbocycles. The van der Waals surface area contributed by atoms with Gasteiger partial charge in [0.15, 0.2) is 0 Å². The van der Waals surface area contributed by atoms with E-state index in [0.717, 1.165) is 12.5 Å². The monoisotopic (exact) mass is 303 g/mol. The van der Waals surface area contributed by atoms with Gasteiger partial charge in [0.2, 0.25) is 0 Å². The first kappa shape index (κ1) is 14.2. The van der Waals surface area contributed by atoms with E-state index in [4.69, 9.17) is 0 Å². The van der Waals surface area contributed by atoms with E-state index in [-0.39, 0.29) is 0 Å². The third-order valence-electron chi connectivity index (χ3n) is 3.79. The van der Waals surface area contributed by atoms with Crippen LogP contribution in [0.2, 0.25) is 0 Å². The van der Waals surface area contributed by atoms with Crippen molar-refractivity contribution in [3.8, 4) is 10.4 Å². The van der Waals surface area contributed by atoms with E-state index in [1.807, 2.05) is 11.3 Å². The van der Waals surface area contributed by atoms with E-state index < -0.39 is 0 Å². The fraction of sp³-hybridized carbons (Fsp3) is 0.412. The average Bonchev–Trinajstić information content (AvgIpc) is 2.98. The highest BCUT2D eigenvalue weighted by Crippen LogP contribution is 2.28. The topological polar surface area (TPSA) is 12.0 Å². The second kappa shape index (κ2) is 7.30.